The Morgan fingerprint density at radius 1 is 1.53 bits per heavy atom. The van der Waals surface area contributed by atoms with Crippen LogP contribution < -0.4 is 5.32 Å². The second kappa shape index (κ2) is 6.36. The topological polar surface area (TPSA) is 32.3 Å². The fourth-order valence-corrected chi connectivity index (χ4v) is 1.88. The highest BCUT2D eigenvalue weighted by Gasteiger charge is 2.04. The van der Waals surface area contributed by atoms with Crippen molar-refractivity contribution in [3.63, 3.8) is 0 Å². The molecule has 84 valence electrons. The molecule has 0 saturated heterocycles. The molecule has 0 heterocycles. The third-order valence-electron chi connectivity index (χ3n) is 2.15. The number of aliphatic hydroxyl groups is 1. The summed E-state index contributed by atoms with van der Waals surface area (Å²) < 4.78 is 1.02. The van der Waals surface area contributed by atoms with Gasteiger partial charge >= 0.3 is 0 Å². The molecule has 0 spiro atoms. The second-order valence-corrected chi connectivity index (χ2v) is 4.52. The van der Waals surface area contributed by atoms with E-state index < -0.39 is 6.10 Å². The molecule has 4 heteroatoms. The van der Waals surface area contributed by atoms with Gasteiger partial charge in [0.05, 0.1) is 12.0 Å². The lowest BCUT2D eigenvalue weighted by Gasteiger charge is -2.12. The minimum atomic E-state index is -0.510. The Balaban J connectivity index is 2.62. The molecule has 0 amide bonds. The number of aliphatic hydroxyl groups excluding tert-OH is 1. The molecule has 0 aliphatic heterocycles. The van der Waals surface area contributed by atoms with Crippen LogP contribution in [0, 0.1) is 0 Å². The number of benzene rings is 1. The predicted molar refractivity (Wildman–Crippen MR) is 68.7 cm³/mol. The van der Waals surface area contributed by atoms with Gasteiger partial charge in [0.25, 0.3) is 0 Å². The van der Waals surface area contributed by atoms with E-state index in [0.29, 0.717) is 6.54 Å². The van der Waals surface area contributed by atoms with E-state index in [1.807, 2.05) is 6.07 Å². The van der Waals surface area contributed by atoms with Crippen molar-refractivity contribution in [1.29, 1.82) is 0 Å². The number of anilines is 1. The molecular weight excluding hydrogens is 277 g/mol. The van der Waals surface area contributed by atoms with E-state index in [9.17, 15) is 5.11 Å². The average molecular weight is 293 g/mol. The summed E-state index contributed by atoms with van der Waals surface area (Å²) in [5, 5.41) is 12.4. The van der Waals surface area contributed by atoms with E-state index in [1.165, 1.54) is 5.56 Å². The molecule has 1 unspecified atom stereocenters. The Morgan fingerprint density at radius 3 is 2.80 bits per heavy atom. The van der Waals surface area contributed by atoms with Gasteiger partial charge in [-0.3, -0.25) is 0 Å². The van der Waals surface area contributed by atoms with Crippen LogP contribution in [-0.4, -0.2) is 23.6 Å². The lowest BCUT2D eigenvalue weighted by molar-refractivity contribution is 0.211. The summed E-state index contributed by atoms with van der Waals surface area (Å²) in [4.78, 5) is 0. The summed E-state index contributed by atoms with van der Waals surface area (Å²) >= 11 is 8.99. The van der Waals surface area contributed by atoms with E-state index in [0.717, 1.165) is 16.6 Å². The van der Waals surface area contributed by atoms with Gasteiger partial charge in [-0.1, -0.05) is 13.0 Å². The van der Waals surface area contributed by atoms with Crippen molar-refractivity contribution in [3.05, 3.63) is 28.2 Å². The van der Waals surface area contributed by atoms with Crippen molar-refractivity contribution in [1.82, 2.24) is 0 Å². The van der Waals surface area contributed by atoms with Gasteiger partial charge in [0.15, 0.2) is 0 Å². The largest absolute Gasteiger partial charge is 0.390 e. The Hall–Kier alpha value is -0.250. The Morgan fingerprint density at radius 2 is 2.27 bits per heavy atom. The first kappa shape index (κ1) is 12.8. The van der Waals surface area contributed by atoms with Gasteiger partial charge in [-0.25, -0.2) is 0 Å². The fourth-order valence-electron chi connectivity index (χ4n) is 1.20. The van der Waals surface area contributed by atoms with Crippen molar-refractivity contribution in [2.45, 2.75) is 19.4 Å². The highest BCUT2D eigenvalue weighted by Crippen LogP contribution is 2.23. The van der Waals surface area contributed by atoms with Crippen molar-refractivity contribution in [2.75, 3.05) is 17.7 Å². The van der Waals surface area contributed by atoms with Gasteiger partial charge < -0.3 is 10.4 Å². The van der Waals surface area contributed by atoms with E-state index in [2.05, 4.69) is 40.3 Å². The standard InChI is InChI=1S/C11H15BrClNO/c1-2-8-3-4-11(10(12)5-8)14-7-9(15)6-13/h3-5,9,14-15H,2,6-7H2,1H3. The molecule has 1 aromatic rings. The maximum absolute atomic E-state index is 9.30. The van der Waals surface area contributed by atoms with Crippen LogP contribution in [0.15, 0.2) is 22.7 Å². The van der Waals surface area contributed by atoms with Crippen LogP contribution in [0.5, 0.6) is 0 Å². The molecule has 1 aromatic carbocycles. The van der Waals surface area contributed by atoms with E-state index in [1.54, 1.807) is 0 Å². The molecule has 0 fully saturated rings. The SMILES string of the molecule is CCc1ccc(NCC(O)CCl)c(Br)c1. The number of rotatable bonds is 5. The van der Waals surface area contributed by atoms with Crippen LogP contribution in [0.25, 0.3) is 0 Å². The van der Waals surface area contributed by atoms with Crippen LogP contribution in [-0.2, 0) is 6.42 Å². The highest BCUT2D eigenvalue weighted by atomic mass is 79.9. The number of nitrogens with one attached hydrogen (secondary N) is 1. The minimum absolute atomic E-state index is 0.248. The third-order valence-corrected chi connectivity index (χ3v) is 3.16. The van der Waals surface area contributed by atoms with Crippen molar-refractivity contribution in [3.8, 4) is 0 Å². The first-order valence-electron chi connectivity index (χ1n) is 4.93. The molecule has 0 aliphatic rings. The normalized spacial score (nSPS) is 12.5. The first-order valence-corrected chi connectivity index (χ1v) is 6.26. The molecular formula is C11H15BrClNO. The van der Waals surface area contributed by atoms with Crippen LogP contribution in [0.1, 0.15) is 12.5 Å². The first-order chi connectivity index (χ1) is 7.17. The summed E-state index contributed by atoms with van der Waals surface area (Å²) in [6, 6.07) is 6.15. The molecule has 0 radical (unpaired) electrons. The molecule has 0 bridgehead atoms. The van der Waals surface area contributed by atoms with Gasteiger partial charge in [-0.2, -0.15) is 0 Å². The number of hydrogen-bond acceptors (Lipinski definition) is 2. The lowest BCUT2D eigenvalue weighted by Crippen LogP contribution is -2.20. The quantitative estimate of drug-likeness (QED) is 0.818. The zero-order chi connectivity index (χ0) is 11.3. The lowest BCUT2D eigenvalue weighted by atomic mass is 10.1. The number of hydrogen-bond donors (Lipinski definition) is 2. The zero-order valence-electron chi connectivity index (χ0n) is 8.63. The van der Waals surface area contributed by atoms with Gasteiger partial charge in [0, 0.05) is 16.7 Å². The smallest absolute Gasteiger partial charge is 0.0847 e. The molecule has 15 heavy (non-hydrogen) atoms. The fraction of sp³-hybridized carbons (Fsp3) is 0.455. The summed E-state index contributed by atoms with van der Waals surface area (Å²) in [5.74, 6) is 0.248. The van der Waals surface area contributed by atoms with Crippen molar-refractivity contribution >= 4 is 33.2 Å². The number of aryl methyl sites for hydroxylation is 1. The third kappa shape index (κ3) is 4.01. The van der Waals surface area contributed by atoms with E-state index in [4.69, 9.17) is 11.6 Å². The monoisotopic (exact) mass is 291 g/mol. The van der Waals surface area contributed by atoms with E-state index in [-0.39, 0.29) is 5.88 Å². The van der Waals surface area contributed by atoms with Crippen LogP contribution in [0.4, 0.5) is 5.69 Å². The van der Waals surface area contributed by atoms with Gasteiger partial charge in [-0.15, -0.1) is 11.6 Å². The van der Waals surface area contributed by atoms with Gasteiger partial charge in [0.1, 0.15) is 0 Å². The maximum Gasteiger partial charge on any atom is 0.0847 e. The molecule has 2 N–H and O–H groups in total. The van der Waals surface area contributed by atoms with Crippen LogP contribution in [0.2, 0.25) is 0 Å². The molecule has 0 saturated carbocycles. The van der Waals surface area contributed by atoms with Crippen molar-refractivity contribution in [2.24, 2.45) is 0 Å². The second-order valence-electron chi connectivity index (χ2n) is 3.36. The van der Waals surface area contributed by atoms with Crippen LogP contribution in [0.3, 0.4) is 0 Å². The molecule has 1 rings (SSSR count). The average Bonchev–Trinajstić information content (AvgIpc) is 2.26. The summed E-state index contributed by atoms with van der Waals surface area (Å²) in [5.41, 5.74) is 2.27. The maximum atomic E-state index is 9.30. The van der Waals surface area contributed by atoms with Crippen LogP contribution >= 0.6 is 27.5 Å². The van der Waals surface area contributed by atoms with E-state index >= 15 is 0 Å². The van der Waals surface area contributed by atoms with Gasteiger partial charge in [-0.05, 0) is 40.0 Å². The van der Waals surface area contributed by atoms with Gasteiger partial charge in [0.2, 0.25) is 0 Å². The molecule has 1 atom stereocenters. The predicted octanol–water partition coefficient (Wildman–Crippen LogP) is 3.02. The summed E-state index contributed by atoms with van der Waals surface area (Å²) in [6.45, 7) is 2.58. The molecule has 2 nitrogen and oxygen atoms in total. The number of halogens is 2. The Kier molecular flexibility index (Phi) is 5.43. The minimum Gasteiger partial charge on any atom is -0.390 e. The Bertz CT molecular complexity index is 319. The summed E-state index contributed by atoms with van der Waals surface area (Å²) in [6.07, 6.45) is 0.507. The molecule has 0 aromatic heterocycles. The molecule has 0 aliphatic carbocycles. The Labute approximate surface area is 104 Å². The van der Waals surface area contributed by atoms with Crippen molar-refractivity contribution < 1.29 is 5.11 Å². The number of alkyl halides is 1. The zero-order valence-corrected chi connectivity index (χ0v) is 11.0. The summed E-state index contributed by atoms with van der Waals surface area (Å²) in [7, 11) is 0. The highest BCUT2D eigenvalue weighted by molar-refractivity contribution is 9.10.